The van der Waals surface area contributed by atoms with Crippen LogP contribution in [0.2, 0.25) is 0 Å². The molecule has 5 atom stereocenters. The number of rotatable bonds is 4. The quantitative estimate of drug-likeness (QED) is 0.840. The van der Waals surface area contributed by atoms with Gasteiger partial charge in [-0.3, -0.25) is 0 Å². The largest absolute Gasteiger partial charge is 0.497 e. The van der Waals surface area contributed by atoms with Gasteiger partial charge in [0.1, 0.15) is 11.5 Å². The van der Waals surface area contributed by atoms with Crippen molar-refractivity contribution in [3.8, 4) is 11.5 Å². The molecule has 1 fully saturated rings. The molecule has 0 unspecified atom stereocenters. The minimum Gasteiger partial charge on any atom is -0.497 e. The van der Waals surface area contributed by atoms with Crippen LogP contribution in [-0.2, 0) is 6.42 Å². The van der Waals surface area contributed by atoms with E-state index in [9.17, 15) is 5.11 Å². The molecule has 0 radical (unpaired) electrons. The Labute approximate surface area is 145 Å². The van der Waals surface area contributed by atoms with E-state index >= 15 is 0 Å². The topological polar surface area (TPSA) is 38.7 Å². The van der Waals surface area contributed by atoms with Crippen LogP contribution in [0.4, 0.5) is 0 Å². The van der Waals surface area contributed by atoms with Gasteiger partial charge in [-0.2, -0.15) is 0 Å². The predicted molar refractivity (Wildman–Crippen MR) is 96.5 cm³/mol. The Morgan fingerprint density at radius 1 is 1.17 bits per heavy atom. The van der Waals surface area contributed by atoms with E-state index in [2.05, 4.69) is 32.1 Å². The van der Waals surface area contributed by atoms with Gasteiger partial charge in [0.05, 0.1) is 20.3 Å². The van der Waals surface area contributed by atoms with Gasteiger partial charge in [0, 0.05) is 5.92 Å². The summed E-state index contributed by atoms with van der Waals surface area (Å²) in [6, 6.07) is 6.04. The highest BCUT2D eigenvalue weighted by molar-refractivity contribution is 5.41. The lowest BCUT2D eigenvalue weighted by molar-refractivity contribution is -0.0229. The summed E-state index contributed by atoms with van der Waals surface area (Å²) >= 11 is 0. The van der Waals surface area contributed by atoms with E-state index in [1.54, 1.807) is 14.2 Å². The van der Waals surface area contributed by atoms with Crippen LogP contribution in [0.5, 0.6) is 11.5 Å². The van der Waals surface area contributed by atoms with Gasteiger partial charge in [-0.15, -0.1) is 0 Å². The summed E-state index contributed by atoms with van der Waals surface area (Å²) in [7, 11) is 3.43. The van der Waals surface area contributed by atoms with Crippen LogP contribution in [0.25, 0.3) is 0 Å². The molecular formula is C21H30O3. The van der Waals surface area contributed by atoms with Crippen LogP contribution in [0, 0.1) is 23.2 Å². The summed E-state index contributed by atoms with van der Waals surface area (Å²) in [5.41, 5.74) is 1.31. The minimum atomic E-state index is -0.195. The third-order valence-corrected chi connectivity index (χ3v) is 6.49. The van der Waals surface area contributed by atoms with Crippen LogP contribution >= 0.6 is 0 Å². The number of allylic oxidation sites excluding steroid dienone is 1. The Kier molecular flexibility index (Phi) is 4.91. The third kappa shape index (κ3) is 2.95. The van der Waals surface area contributed by atoms with E-state index in [-0.39, 0.29) is 17.4 Å². The molecule has 3 nitrogen and oxygen atoms in total. The third-order valence-electron chi connectivity index (χ3n) is 6.49. The second-order valence-electron chi connectivity index (χ2n) is 7.72. The average molecular weight is 330 g/mol. The van der Waals surface area contributed by atoms with E-state index in [1.165, 1.54) is 12.0 Å². The number of aliphatic hydroxyl groups excluding tert-OH is 1. The number of ether oxygens (including phenoxy) is 2. The second kappa shape index (κ2) is 6.79. The Morgan fingerprint density at radius 3 is 2.67 bits per heavy atom. The molecule has 132 valence electrons. The summed E-state index contributed by atoms with van der Waals surface area (Å²) in [6.07, 6.45) is 8.56. The fraction of sp³-hybridized carbons (Fsp3) is 0.619. The van der Waals surface area contributed by atoms with Crippen LogP contribution in [0.3, 0.4) is 0 Å². The number of hydrogen-bond acceptors (Lipinski definition) is 3. The summed E-state index contributed by atoms with van der Waals surface area (Å²) in [5.74, 6) is 3.06. The van der Waals surface area contributed by atoms with E-state index in [4.69, 9.17) is 9.47 Å². The normalized spacial score (nSPS) is 35.4. The maximum Gasteiger partial charge on any atom is 0.122 e. The minimum absolute atomic E-state index is 0.112. The second-order valence-corrected chi connectivity index (χ2v) is 7.72. The smallest absolute Gasteiger partial charge is 0.122 e. The fourth-order valence-electron chi connectivity index (χ4n) is 4.81. The molecule has 0 saturated heterocycles. The van der Waals surface area contributed by atoms with Crippen molar-refractivity contribution in [3.63, 3.8) is 0 Å². The van der Waals surface area contributed by atoms with Gasteiger partial charge in [0.2, 0.25) is 0 Å². The summed E-state index contributed by atoms with van der Waals surface area (Å²) in [4.78, 5) is 0. The van der Waals surface area contributed by atoms with Crippen molar-refractivity contribution in [1.82, 2.24) is 0 Å². The van der Waals surface area contributed by atoms with Gasteiger partial charge in [-0.25, -0.2) is 0 Å². The molecule has 3 rings (SSSR count). The van der Waals surface area contributed by atoms with E-state index < -0.39 is 0 Å². The van der Waals surface area contributed by atoms with Crippen molar-refractivity contribution in [1.29, 1.82) is 0 Å². The van der Waals surface area contributed by atoms with Gasteiger partial charge < -0.3 is 14.6 Å². The average Bonchev–Trinajstić information content (AvgIpc) is 2.59. The molecule has 0 spiro atoms. The Morgan fingerprint density at radius 2 is 1.96 bits per heavy atom. The number of aliphatic hydroxyl groups is 1. The Balaban J connectivity index is 1.96. The number of methoxy groups -OCH3 is 2. The molecule has 1 aromatic carbocycles. The first-order chi connectivity index (χ1) is 11.5. The Bertz CT molecular complexity index is 609. The standard InChI is InChI=1S/C21H30O3/c1-14-8-10-17-18(6-5-7-19(17)22)21(14,2)13-15-12-16(23-3)9-11-20(15)24-4/h8-12,14,17-19,22H,5-7,13H2,1-4H3/t14-,17+,18-,19-,21-/m1/s1. The molecule has 1 N–H and O–H groups in total. The highest BCUT2D eigenvalue weighted by Gasteiger charge is 2.47. The fourth-order valence-corrected chi connectivity index (χ4v) is 4.81. The maximum atomic E-state index is 10.5. The highest BCUT2D eigenvalue weighted by atomic mass is 16.5. The lowest BCUT2D eigenvalue weighted by atomic mass is 9.54. The molecule has 2 aliphatic carbocycles. The van der Waals surface area contributed by atoms with Crippen molar-refractivity contribution >= 4 is 0 Å². The van der Waals surface area contributed by atoms with Crippen LogP contribution < -0.4 is 9.47 Å². The van der Waals surface area contributed by atoms with E-state index in [0.29, 0.717) is 11.8 Å². The first-order valence-electron chi connectivity index (χ1n) is 9.07. The molecule has 0 aliphatic heterocycles. The van der Waals surface area contributed by atoms with Crippen LogP contribution in [-0.4, -0.2) is 25.4 Å². The molecule has 0 aromatic heterocycles. The van der Waals surface area contributed by atoms with Gasteiger partial charge in [0.15, 0.2) is 0 Å². The first-order valence-corrected chi connectivity index (χ1v) is 9.07. The molecule has 0 amide bonds. The molecule has 2 aliphatic rings. The van der Waals surface area contributed by atoms with Crippen molar-refractivity contribution in [3.05, 3.63) is 35.9 Å². The van der Waals surface area contributed by atoms with Gasteiger partial charge in [-0.1, -0.05) is 32.4 Å². The maximum absolute atomic E-state index is 10.5. The molecular weight excluding hydrogens is 300 g/mol. The van der Waals surface area contributed by atoms with E-state index in [1.807, 2.05) is 12.1 Å². The SMILES string of the molecule is COc1ccc(OC)c(C[C@]2(C)[C@H](C)C=C[C@@H]3[C@H](O)CCC[C@H]32)c1. The highest BCUT2D eigenvalue weighted by Crippen LogP contribution is 2.53. The Hall–Kier alpha value is -1.48. The van der Waals surface area contributed by atoms with Gasteiger partial charge in [0.25, 0.3) is 0 Å². The van der Waals surface area contributed by atoms with Crippen molar-refractivity contribution in [2.24, 2.45) is 23.2 Å². The summed E-state index contributed by atoms with van der Waals surface area (Å²) in [6.45, 7) is 4.69. The zero-order chi connectivity index (χ0) is 17.3. The van der Waals surface area contributed by atoms with Crippen molar-refractivity contribution < 1.29 is 14.6 Å². The van der Waals surface area contributed by atoms with Crippen LogP contribution in [0.15, 0.2) is 30.4 Å². The predicted octanol–water partition coefficient (Wildman–Crippen LogP) is 4.24. The number of hydrogen-bond donors (Lipinski definition) is 1. The zero-order valence-corrected chi connectivity index (χ0v) is 15.3. The lowest BCUT2D eigenvalue weighted by Gasteiger charge is -2.51. The molecule has 3 heteroatoms. The molecule has 1 aromatic rings. The molecule has 24 heavy (non-hydrogen) atoms. The number of fused-ring (bicyclic) bond motifs is 1. The van der Waals surface area contributed by atoms with Crippen molar-refractivity contribution in [2.75, 3.05) is 14.2 Å². The van der Waals surface area contributed by atoms with E-state index in [0.717, 1.165) is 30.8 Å². The lowest BCUT2D eigenvalue weighted by Crippen LogP contribution is -2.47. The first kappa shape index (κ1) is 17.3. The molecule has 1 saturated carbocycles. The van der Waals surface area contributed by atoms with Crippen LogP contribution in [0.1, 0.15) is 38.7 Å². The summed E-state index contributed by atoms with van der Waals surface area (Å²) < 4.78 is 11.0. The van der Waals surface area contributed by atoms with Crippen molar-refractivity contribution in [2.45, 2.75) is 45.6 Å². The monoisotopic (exact) mass is 330 g/mol. The zero-order valence-electron chi connectivity index (χ0n) is 15.3. The summed E-state index contributed by atoms with van der Waals surface area (Å²) in [5, 5.41) is 10.5. The molecule has 0 bridgehead atoms. The number of benzene rings is 1. The molecule has 0 heterocycles. The van der Waals surface area contributed by atoms with Gasteiger partial charge in [-0.05, 0) is 60.3 Å². The van der Waals surface area contributed by atoms with Gasteiger partial charge >= 0.3 is 0 Å².